The molecule has 0 radical (unpaired) electrons. The van der Waals surface area contributed by atoms with Crippen molar-refractivity contribution in [1.29, 1.82) is 0 Å². The van der Waals surface area contributed by atoms with Gasteiger partial charge in [0.05, 0.1) is 30.2 Å². The van der Waals surface area contributed by atoms with Crippen molar-refractivity contribution in [2.45, 2.75) is 27.3 Å². The lowest BCUT2D eigenvalue weighted by Gasteiger charge is -2.04. The molecule has 0 fully saturated rings. The zero-order valence-corrected chi connectivity index (χ0v) is 11.5. The predicted molar refractivity (Wildman–Crippen MR) is 67.8 cm³/mol. The molecule has 7 nitrogen and oxygen atoms in total. The van der Waals surface area contributed by atoms with Gasteiger partial charge in [0.25, 0.3) is 0 Å². The molecule has 7 heteroatoms. The smallest absolute Gasteiger partial charge is 0.360 e. The van der Waals surface area contributed by atoms with Gasteiger partial charge < -0.3 is 4.74 Å². The SMILES string of the molecule is CCOC(=O)c1nnn(Cc2cc(C)nn2C)c1C. The van der Waals surface area contributed by atoms with Crippen molar-refractivity contribution >= 4 is 5.97 Å². The summed E-state index contributed by atoms with van der Waals surface area (Å²) in [5, 5.41) is 12.1. The van der Waals surface area contributed by atoms with Crippen molar-refractivity contribution < 1.29 is 9.53 Å². The second kappa shape index (κ2) is 5.21. The predicted octanol–water partition coefficient (Wildman–Crippen LogP) is 0.853. The number of carbonyl (C=O) groups excluding carboxylic acids is 1. The Hall–Kier alpha value is -2.18. The summed E-state index contributed by atoms with van der Waals surface area (Å²) in [4.78, 5) is 11.6. The van der Waals surface area contributed by atoms with E-state index < -0.39 is 5.97 Å². The third-order valence-corrected chi connectivity index (χ3v) is 2.86. The lowest BCUT2D eigenvalue weighted by molar-refractivity contribution is 0.0518. The molecule has 0 spiro atoms. The van der Waals surface area contributed by atoms with Crippen molar-refractivity contribution in [2.75, 3.05) is 6.61 Å². The molecule has 0 unspecified atom stereocenters. The van der Waals surface area contributed by atoms with Gasteiger partial charge in [-0.3, -0.25) is 4.68 Å². The summed E-state index contributed by atoms with van der Waals surface area (Å²) in [7, 11) is 1.88. The Balaban J connectivity index is 2.23. The Morgan fingerprint density at radius 1 is 1.42 bits per heavy atom. The van der Waals surface area contributed by atoms with E-state index in [1.54, 1.807) is 23.2 Å². The van der Waals surface area contributed by atoms with E-state index in [9.17, 15) is 4.79 Å². The first-order valence-electron chi connectivity index (χ1n) is 6.09. The molecular formula is C12H17N5O2. The highest BCUT2D eigenvalue weighted by Gasteiger charge is 2.18. The van der Waals surface area contributed by atoms with E-state index in [0.717, 1.165) is 11.4 Å². The van der Waals surface area contributed by atoms with Gasteiger partial charge in [0.15, 0.2) is 5.69 Å². The number of carbonyl (C=O) groups is 1. The second-order valence-electron chi connectivity index (χ2n) is 4.30. The van der Waals surface area contributed by atoms with Crippen molar-refractivity contribution in [3.05, 3.63) is 28.8 Å². The van der Waals surface area contributed by atoms with Gasteiger partial charge in [-0.1, -0.05) is 5.21 Å². The van der Waals surface area contributed by atoms with Gasteiger partial charge >= 0.3 is 5.97 Å². The molecule has 0 N–H and O–H groups in total. The number of esters is 1. The molecule has 0 saturated carbocycles. The van der Waals surface area contributed by atoms with Gasteiger partial charge in [0.2, 0.25) is 0 Å². The molecule has 2 aromatic heterocycles. The first kappa shape index (κ1) is 13.3. The maximum atomic E-state index is 11.6. The van der Waals surface area contributed by atoms with E-state index in [1.807, 2.05) is 20.0 Å². The van der Waals surface area contributed by atoms with E-state index in [2.05, 4.69) is 15.4 Å². The third-order valence-electron chi connectivity index (χ3n) is 2.86. The van der Waals surface area contributed by atoms with Gasteiger partial charge in [-0.15, -0.1) is 5.10 Å². The van der Waals surface area contributed by atoms with Crippen molar-refractivity contribution in [2.24, 2.45) is 7.05 Å². The number of ether oxygens (including phenoxy) is 1. The molecule has 102 valence electrons. The van der Waals surface area contributed by atoms with Crippen LogP contribution in [0.2, 0.25) is 0 Å². The van der Waals surface area contributed by atoms with E-state index in [4.69, 9.17) is 4.74 Å². The van der Waals surface area contributed by atoms with Crippen LogP contribution in [-0.2, 0) is 18.3 Å². The Labute approximate surface area is 111 Å². The molecular weight excluding hydrogens is 246 g/mol. The number of nitrogens with zero attached hydrogens (tertiary/aromatic N) is 5. The summed E-state index contributed by atoms with van der Waals surface area (Å²) in [6.45, 7) is 6.34. The number of hydrogen-bond donors (Lipinski definition) is 0. The largest absolute Gasteiger partial charge is 0.461 e. The summed E-state index contributed by atoms with van der Waals surface area (Å²) < 4.78 is 8.39. The maximum Gasteiger partial charge on any atom is 0.360 e. The number of hydrogen-bond acceptors (Lipinski definition) is 5. The van der Waals surface area contributed by atoms with Crippen LogP contribution in [0.4, 0.5) is 0 Å². The first-order chi connectivity index (χ1) is 9.02. The number of aromatic nitrogens is 5. The summed E-state index contributed by atoms with van der Waals surface area (Å²) in [5.74, 6) is -0.438. The molecule has 2 aromatic rings. The van der Waals surface area contributed by atoms with Crippen LogP contribution in [0.1, 0.15) is 34.5 Å². The molecule has 0 aliphatic carbocycles. The van der Waals surface area contributed by atoms with Crippen LogP contribution in [0.25, 0.3) is 0 Å². The monoisotopic (exact) mass is 263 g/mol. The van der Waals surface area contributed by atoms with E-state index in [0.29, 0.717) is 18.8 Å². The number of rotatable bonds is 4. The molecule has 19 heavy (non-hydrogen) atoms. The van der Waals surface area contributed by atoms with E-state index in [-0.39, 0.29) is 5.69 Å². The molecule has 0 atom stereocenters. The number of aryl methyl sites for hydroxylation is 2. The molecule has 0 aliphatic heterocycles. The lowest BCUT2D eigenvalue weighted by Crippen LogP contribution is -2.10. The van der Waals surface area contributed by atoms with E-state index in [1.165, 1.54) is 0 Å². The van der Waals surface area contributed by atoms with Crippen LogP contribution in [0.15, 0.2) is 6.07 Å². The normalized spacial score (nSPS) is 10.7. The minimum absolute atomic E-state index is 0.265. The summed E-state index contributed by atoms with van der Waals surface area (Å²) in [6.07, 6.45) is 0. The molecule has 0 bridgehead atoms. The van der Waals surface area contributed by atoms with Gasteiger partial charge in [0, 0.05) is 7.05 Å². The topological polar surface area (TPSA) is 74.8 Å². The van der Waals surface area contributed by atoms with Gasteiger partial charge in [-0.2, -0.15) is 5.10 Å². The van der Waals surface area contributed by atoms with Gasteiger partial charge in [0.1, 0.15) is 0 Å². The van der Waals surface area contributed by atoms with Crippen LogP contribution < -0.4 is 0 Å². The molecule has 0 saturated heterocycles. The van der Waals surface area contributed by atoms with Crippen molar-refractivity contribution in [3.8, 4) is 0 Å². The lowest BCUT2D eigenvalue weighted by atomic mass is 10.3. The summed E-state index contributed by atoms with van der Waals surface area (Å²) >= 11 is 0. The molecule has 2 rings (SSSR count). The Bertz CT molecular complexity index is 599. The van der Waals surface area contributed by atoms with Gasteiger partial charge in [-0.25, -0.2) is 9.48 Å². The highest BCUT2D eigenvalue weighted by atomic mass is 16.5. The fourth-order valence-electron chi connectivity index (χ4n) is 1.86. The fourth-order valence-corrected chi connectivity index (χ4v) is 1.86. The summed E-state index contributed by atoms with van der Waals surface area (Å²) in [5.41, 5.74) is 2.90. The Morgan fingerprint density at radius 2 is 2.16 bits per heavy atom. The molecule has 0 aliphatic rings. The maximum absolute atomic E-state index is 11.6. The van der Waals surface area contributed by atoms with Crippen LogP contribution in [0.3, 0.4) is 0 Å². The van der Waals surface area contributed by atoms with Crippen LogP contribution in [-0.4, -0.2) is 37.4 Å². The fraction of sp³-hybridized carbons (Fsp3) is 0.500. The highest BCUT2D eigenvalue weighted by Crippen LogP contribution is 2.09. The first-order valence-corrected chi connectivity index (χ1v) is 6.09. The zero-order chi connectivity index (χ0) is 14.0. The standard InChI is InChI=1S/C12H17N5O2/c1-5-19-12(18)11-9(3)17(15-13-11)7-10-6-8(2)14-16(10)4/h6H,5,7H2,1-4H3. The molecule has 0 aromatic carbocycles. The molecule has 0 amide bonds. The second-order valence-corrected chi connectivity index (χ2v) is 4.30. The van der Waals surface area contributed by atoms with Crippen molar-refractivity contribution in [1.82, 2.24) is 24.8 Å². The Kier molecular flexibility index (Phi) is 3.64. The zero-order valence-electron chi connectivity index (χ0n) is 11.5. The van der Waals surface area contributed by atoms with Crippen molar-refractivity contribution in [3.63, 3.8) is 0 Å². The highest BCUT2D eigenvalue weighted by molar-refractivity contribution is 5.88. The van der Waals surface area contributed by atoms with Crippen LogP contribution in [0.5, 0.6) is 0 Å². The third kappa shape index (κ3) is 2.64. The van der Waals surface area contributed by atoms with Gasteiger partial charge in [-0.05, 0) is 26.8 Å². The molecule has 2 heterocycles. The minimum Gasteiger partial charge on any atom is -0.461 e. The average Bonchev–Trinajstić information content (AvgIpc) is 2.85. The van der Waals surface area contributed by atoms with Crippen LogP contribution >= 0.6 is 0 Å². The average molecular weight is 263 g/mol. The quantitative estimate of drug-likeness (QED) is 0.765. The van der Waals surface area contributed by atoms with E-state index >= 15 is 0 Å². The Morgan fingerprint density at radius 3 is 2.74 bits per heavy atom. The van der Waals surface area contributed by atoms with Crippen LogP contribution in [0, 0.1) is 13.8 Å². The minimum atomic E-state index is -0.438. The summed E-state index contributed by atoms with van der Waals surface area (Å²) in [6, 6.07) is 1.98.